The summed E-state index contributed by atoms with van der Waals surface area (Å²) >= 11 is 0. The van der Waals surface area contributed by atoms with Crippen LogP contribution in [-0.4, -0.2) is 34.6 Å². The van der Waals surface area contributed by atoms with Gasteiger partial charge in [0.25, 0.3) is 0 Å². The molecular formula is C11H24N2O4. The lowest BCUT2D eigenvalue weighted by molar-refractivity contribution is -0.191. The Labute approximate surface area is 103 Å². The van der Waals surface area contributed by atoms with Gasteiger partial charge in [0.15, 0.2) is 6.23 Å². The molecule has 1 unspecified atom stereocenters. The van der Waals surface area contributed by atoms with Crippen LogP contribution in [0.2, 0.25) is 0 Å². The van der Waals surface area contributed by atoms with Gasteiger partial charge in [-0.1, -0.05) is 19.5 Å². The van der Waals surface area contributed by atoms with Crippen LogP contribution >= 0.6 is 0 Å². The Morgan fingerprint density at radius 1 is 1.41 bits per heavy atom. The maximum atomic E-state index is 11.7. The third kappa shape index (κ3) is 5.86. The predicted octanol–water partition coefficient (Wildman–Crippen LogP) is 2.28. The number of ether oxygens (including phenoxy) is 1. The molecule has 1 fully saturated rings. The van der Waals surface area contributed by atoms with Gasteiger partial charge < -0.3 is 4.74 Å². The highest BCUT2D eigenvalue weighted by atomic mass is 16.8. The molecule has 1 amide bonds. The number of nitrogens with one attached hydrogen (secondary N) is 1. The van der Waals surface area contributed by atoms with Gasteiger partial charge in [0.05, 0.1) is 0 Å². The molecule has 0 aromatic rings. The first-order valence-electron chi connectivity index (χ1n) is 5.98. The van der Waals surface area contributed by atoms with Crippen molar-refractivity contribution in [2.45, 2.75) is 59.3 Å². The minimum absolute atomic E-state index is 0.416. The van der Waals surface area contributed by atoms with Gasteiger partial charge in [-0.2, -0.15) is 0 Å². The number of carbonyl (C=O) groups is 1. The van der Waals surface area contributed by atoms with E-state index in [-0.39, 0.29) is 0 Å². The van der Waals surface area contributed by atoms with Crippen LogP contribution in [0.5, 0.6) is 0 Å². The molecular weight excluding hydrogens is 224 g/mol. The summed E-state index contributed by atoms with van der Waals surface area (Å²) in [5.41, 5.74) is 1.09. The van der Waals surface area contributed by atoms with Gasteiger partial charge in [-0.3, -0.25) is 14.9 Å². The fourth-order valence-corrected chi connectivity index (χ4v) is 1.45. The lowest BCUT2D eigenvalue weighted by Gasteiger charge is -2.27. The zero-order valence-corrected chi connectivity index (χ0v) is 11.3. The van der Waals surface area contributed by atoms with Gasteiger partial charge in [-0.15, -0.1) is 0 Å². The fraction of sp³-hybridized carbons (Fsp3) is 0.909. The largest absolute Gasteiger partial charge is 0.444 e. The third-order valence-corrected chi connectivity index (χ3v) is 2.01. The highest BCUT2D eigenvalue weighted by Crippen LogP contribution is 2.20. The van der Waals surface area contributed by atoms with Crippen molar-refractivity contribution in [2.24, 2.45) is 0 Å². The molecule has 1 saturated heterocycles. The Kier molecular flexibility index (Phi) is 7.10. The SMILES string of the molecule is CC.CC(C)(C)OC(=O)N1CCCC1ONO. The third-order valence-electron chi connectivity index (χ3n) is 2.01. The van der Waals surface area contributed by atoms with E-state index in [0.717, 1.165) is 6.42 Å². The van der Waals surface area contributed by atoms with Crippen molar-refractivity contribution in [3.63, 3.8) is 0 Å². The van der Waals surface area contributed by atoms with E-state index in [4.69, 9.17) is 14.8 Å². The number of nitrogens with zero attached hydrogens (tertiary/aromatic N) is 1. The van der Waals surface area contributed by atoms with Gasteiger partial charge in [-0.05, 0) is 33.6 Å². The maximum absolute atomic E-state index is 11.7. The van der Waals surface area contributed by atoms with Crippen molar-refractivity contribution in [3.8, 4) is 0 Å². The molecule has 2 N–H and O–H groups in total. The Balaban J connectivity index is 0.00000121. The summed E-state index contributed by atoms with van der Waals surface area (Å²) in [6, 6.07) is 0. The van der Waals surface area contributed by atoms with E-state index in [0.29, 0.717) is 13.0 Å². The Bertz CT molecular complexity index is 228. The van der Waals surface area contributed by atoms with Crippen LogP contribution in [0.15, 0.2) is 0 Å². The van der Waals surface area contributed by atoms with Crippen LogP contribution in [0.25, 0.3) is 0 Å². The molecule has 6 nitrogen and oxygen atoms in total. The van der Waals surface area contributed by atoms with E-state index >= 15 is 0 Å². The molecule has 1 aliphatic rings. The fourth-order valence-electron chi connectivity index (χ4n) is 1.45. The lowest BCUT2D eigenvalue weighted by Crippen LogP contribution is -2.42. The Morgan fingerprint density at radius 3 is 2.47 bits per heavy atom. The van der Waals surface area contributed by atoms with Crippen molar-refractivity contribution >= 4 is 6.09 Å². The van der Waals surface area contributed by atoms with Crippen LogP contribution in [0.1, 0.15) is 47.5 Å². The monoisotopic (exact) mass is 248 g/mol. The molecule has 0 spiro atoms. The van der Waals surface area contributed by atoms with E-state index in [1.165, 1.54) is 4.90 Å². The molecule has 6 heteroatoms. The number of hydrogen-bond donors (Lipinski definition) is 2. The first-order valence-corrected chi connectivity index (χ1v) is 5.98. The topological polar surface area (TPSA) is 71.0 Å². The van der Waals surface area contributed by atoms with Crippen LogP contribution in [0.3, 0.4) is 0 Å². The molecule has 0 aromatic carbocycles. The quantitative estimate of drug-likeness (QED) is 0.734. The molecule has 102 valence electrons. The summed E-state index contributed by atoms with van der Waals surface area (Å²) in [5.74, 6) is 0. The van der Waals surface area contributed by atoms with E-state index in [2.05, 4.69) is 0 Å². The first-order chi connectivity index (χ1) is 7.94. The van der Waals surface area contributed by atoms with Crippen molar-refractivity contribution in [1.29, 1.82) is 0 Å². The maximum Gasteiger partial charge on any atom is 0.412 e. The molecule has 1 aliphatic heterocycles. The standard InChI is InChI=1S/C9H18N2O4.C2H6/c1-9(2,3)14-8(12)11-6-4-5-7(11)15-10-13;1-2/h7,10,13H,4-6H2,1-3H3;1-2H3. The second kappa shape index (κ2) is 7.47. The molecule has 0 aliphatic carbocycles. The van der Waals surface area contributed by atoms with Crippen molar-refractivity contribution in [3.05, 3.63) is 0 Å². The van der Waals surface area contributed by atoms with Gasteiger partial charge >= 0.3 is 6.09 Å². The minimum Gasteiger partial charge on any atom is -0.444 e. The summed E-state index contributed by atoms with van der Waals surface area (Å²) in [6.45, 7) is 10.0. The highest BCUT2D eigenvalue weighted by Gasteiger charge is 2.33. The highest BCUT2D eigenvalue weighted by molar-refractivity contribution is 5.68. The number of rotatable bonds is 2. The minimum atomic E-state index is -0.517. The summed E-state index contributed by atoms with van der Waals surface area (Å²) in [5, 5.41) is 8.41. The van der Waals surface area contributed by atoms with E-state index in [1.54, 1.807) is 26.4 Å². The summed E-state index contributed by atoms with van der Waals surface area (Å²) in [4.78, 5) is 17.9. The molecule has 1 heterocycles. The van der Waals surface area contributed by atoms with Gasteiger partial charge in [0.2, 0.25) is 0 Å². The van der Waals surface area contributed by atoms with Crippen molar-refractivity contribution < 1.29 is 19.6 Å². The van der Waals surface area contributed by atoms with Crippen molar-refractivity contribution in [2.75, 3.05) is 6.54 Å². The molecule has 1 atom stereocenters. The number of hydrogen-bond acceptors (Lipinski definition) is 5. The predicted molar refractivity (Wildman–Crippen MR) is 63.3 cm³/mol. The number of carbonyl (C=O) groups excluding carboxylic acids is 1. The van der Waals surface area contributed by atoms with Crippen LogP contribution in [0, 0.1) is 0 Å². The molecule has 0 saturated carbocycles. The second-order valence-electron chi connectivity index (χ2n) is 4.48. The van der Waals surface area contributed by atoms with Crippen LogP contribution in [0.4, 0.5) is 4.79 Å². The summed E-state index contributed by atoms with van der Waals surface area (Å²) in [7, 11) is 0. The van der Waals surface area contributed by atoms with Gasteiger partial charge in [0.1, 0.15) is 5.60 Å². The summed E-state index contributed by atoms with van der Waals surface area (Å²) < 4.78 is 5.20. The molecule has 0 aromatic heterocycles. The zero-order valence-electron chi connectivity index (χ0n) is 11.3. The van der Waals surface area contributed by atoms with Crippen LogP contribution in [-0.2, 0) is 9.57 Å². The molecule has 0 bridgehead atoms. The zero-order chi connectivity index (χ0) is 13.5. The van der Waals surface area contributed by atoms with Crippen LogP contribution < -0.4 is 5.64 Å². The van der Waals surface area contributed by atoms with Gasteiger partial charge in [0, 0.05) is 6.54 Å². The van der Waals surface area contributed by atoms with Crippen molar-refractivity contribution in [1.82, 2.24) is 10.5 Å². The van der Waals surface area contributed by atoms with E-state index in [9.17, 15) is 4.79 Å². The summed E-state index contributed by atoms with van der Waals surface area (Å²) in [6.07, 6.45) is 0.656. The average Bonchev–Trinajstić information content (AvgIpc) is 2.67. The average molecular weight is 248 g/mol. The van der Waals surface area contributed by atoms with E-state index < -0.39 is 17.9 Å². The normalized spacial score (nSPS) is 19.6. The molecule has 17 heavy (non-hydrogen) atoms. The van der Waals surface area contributed by atoms with E-state index in [1.807, 2.05) is 13.8 Å². The molecule has 0 radical (unpaired) electrons. The molecule has 1 rings (SSSR count). The number of likely N-dealkylation sites (tertiary alicyclic amines) is 1. The van der Waals surface area contributed by atoms with Gasteiger partial charge in [-0.25, -0.2) is 4.79 Å². The Morgan fingerprint density at radius 2 is 2.00 bits per heavy atom. The first kappa shape index (κ1) is 16.1. The second-order valence-corrected chi connectivity index (χ2v) is 4.48. The Hall–Kier alpha value is -0.850. The number of amides is 1. The smallest absolute Gasteiger partial charge is 0.412 e. The lowest BCUT2D eigenvalue weighted by atomic mass is 10.2.